The highest BCUT2D eigenvalue weighted by atomic mass is 32.1. The summed E-state index contributed by atoms with van der Waals surface area (Å²) in [5, 5.41) is 2.39. The van der Waals surface area contributed by atoms with Crippen LogP contribution in [0.4, 0.5) is 0 Å². The Bertz CT molecular complexity index is 168. The molecule has 0 aliphatic carbocycles. The molecule has 0 rings (SSSR count). The molecule has 0 spiro atoms. The quantitative estimate of drug-likeness (QED) is 0.500. The van der Waals surface area contributed by atoms with Crippen molar-refractivity contribution in [1.29, 1.82) is 0 Å². The van der Waals surface area contributed by atoms with E-state index in [1.54, 1.807) is 21.1 Å². The zero-order valence-electron chi connectivity index (χ0n) is 10.3. The fourth-order valence-corrected chi connectivity index (χ4v) is 1.84. The highest BCUT2D eigenvalue weighted by Crippen LogP contribution is 2.23. The van der Waals surface area contributed by atoms with Crippen molar-refractivity contribution in [3.8, 4) is 0 Å². The number of methoxy groups -OCH3 is 2. The molecule has 1 atom stereocenters. The molecule has 0 aliphatic rings. The molecule has 0 bridgehead atoms. The Balaban J connectivity index is 4.50. The Morgan fingerprint density at radius 3 is 2.07 bits per heavy atom. The van der Waals surface area contributed by atoms with Gasteiger partial charge in [0.25, 0.3) is 0 Å². The summed E-state index contributed by atoms with van der Waals surface area (Å²) in [7, 11) is 3.14. The van der Waals surface area contributed by atoms with Crippen LogP contribution in [0, 0.1) is 0 Å². The van der Waals surface area contributed by atoms with Crippen LogP contribution >= 0.6 is 12.6 Å². The van der Waals surface area contributed by atoms with Crippen LogP contribution in [-0.2, 0) is 14.2 Å². The molecule has 0 aromatic rings. The molecule has 0 saturated carbocycles. The fraction of sp³-hybridized carbons (Fsp3) is 1.00. The van der Waals surface area contributed by atoms with Crippen LogP contribution in [-0.4, -0.2) is 31.8 Å². The van der Waals surface area contributed by atoms with Crippen molar-refractivity contribution >= 4 is 12.6 Å². The Labute approximate surface area is 98.1 Å². The first-order chi connectivity index (χ1) is 6.95. The molecule has 0 aromatic carbocycles. The molecule has 0 aliphatic heterocycles. The number of rotatable bonds is 8. The summed E-state index contributed by atoms with van der Waals surface area (Å²) in [6.07, 6.45) is 1.73. The second-order valence-electron chi connectivity index (χ2n) is 3.45. The van der Waals surface area contributed by atoms with E-state index in [1.165, 1.54) is 0 Å². The zero-order chi connectivity index (χ0) is 11.9. The van der Waals surface area contributed by atoms with Crippen LogP contribution in [0.3, 0.4) is 0 Å². The van der Waals surface area contributed by atoms with Crippen molar-refractivity contribution in [2.45, 2.75) is 44.6 Å². The fourth-order valence-electron chi connectivity index (χ4n) is 1.29. The topological polar surface area (TPSA) is 39.7 Å². The van der Waals surface area contributed by atoms with Crippen LogP contribution in [0.25, 0.3) is 0 Å². The van der Waals surface area contributed by atoms with Crippen molar-refractivity contribution < 1.29 is 14.2 Å². The molecule has 0 heterocycles. The number of thiol groups is 1. The smallest absolute Gasteiger partial charge is 0.226 e. The summed E-state index contributed by atoms with van der Waals surface area (Å²) < 4.78 is 16.0. The maximum absolute atomic E-state index is 5.56. The molecule has 0 saturated heterocycles. The summed E-state index contributed by atoms with van der Waals surface area (Å²) in [5.41, 5.74) is 0. The first-order valence-electron chi connectivity index (χ1n) is 5.21. The maximum Gasteiger partial charge on any atom is 0.226 e. The summed E-state index contributed by atoms with van der Waals surface area (Å²) in [4.78, 5) is 0. The van der Waals surface area contributed by atoms with Gasteiger partial charge in [-0.05, 0) is 13.3 Å². The highest BCUT2D eigenvalue weighted by Gasteiger charge is 2.35. The van der Waals surface area contributed by atoms with Gasteiger partial charge in [-0.1, -0.05) is 13.3 Å². The predicted octanol–water partition coefficient (Wildman–Crippen LogP) is 1.96. The Morgan fingerprint density at radius 1 is 1.20 bits per heavy atom. The van der Waals surface area contributed by atoms with E-state index in [1.807, 2.05) is 6.92 Å². The maximum atomic E-state index is 5.56. The predicted molar refractivity (Wildman–Crippen MR) is 63.8 cm³/mol. The molecule has 0 amide bonds. The van der Waals surface area contributed by atoms with Gasteiger partial charge in [-0.3, -0.25) is 0 Å². The Morgan fingerprint density at radius 2 is 1.73 bits per heavy atom. The minimum Gasteiger partial charge on any atom is -0.351 e. The lowest BCUT2D eigenvalue weighted by atomic mass is 10.3. The van der Waals surface area contributed by atoms with Crippen molar-refractivity contribution in [1.82, 2.24) is 5.32 Å². The molecule has 0 unspecified atom stereocenters. The first kappa shape index (κ1) is 15.2. The summed E-state index contributed by atoms with van der Waals surface area (Å²) in [5.74, 6) is -0.883. The Hall–Kier alpha value is 0.190. The van der Waals surface area contributed by atoms with Gasteiger partial charge in [-0.25, -0.2) is 5.32 Å². The van der Waals surface area contributed by atoms with E-state index in [0.29, 0.717) is 6.61 Å². The first-order valence-corrected chi connectivity index (χ1v) is 5.66. The van der Waals surface area contributed by atoms with Crippen molar-refractivity contribution in [3.05, 3.63) is 0 Å². The Kier molecular flexibility index (Phi) is 6.79. The summed E-state index contributed by atoms with van der Waals surface area (Å²) >= 11 is 4.49. The lowest BCUT2D eigenvalue weighted by molar-refractivity contribution is -0.241. The zero-order valence-corrected chi connectivity index (χ0v) is 11.2. The third-order valence-electron chi connectivity index (χ3n) is 2.17. The van der Waals surface area contributed by atoms with Gasteiger partial charge in [-0.2, -0.15) is 0 Å². The van der Waals surface area contributed by atoms with E-state index in [-0.39, 0.29) is 0 Å². The van der Waals surface area contributed by atoms with Crippen molar-refractivity contribution in [3.63, 3.8) is 0 Å². The number of ether oxygens (including phenoxy) is 3. The van der Waals surface area contributed by atoms with Crippen LogP contribution in [0.5, 0.6) is 0 Å². The van der Waals surface area contributed by atoms with Crippen LogP contribution in [0.15, 0.2) is 0 Å². The molecule has 5 heteroatoms. The van der Waals surface area contributed by atoms with Gasteiger partial charge < -0.3 is 14.2 Å². The van der Waals surface area contributed by atoms with E-state index in [2.05, 4.69) is 24.9 Å². The number of hydrogen-bond acceptors (Lipinski definition) is 5. The van der Waals surface area contributed by atoms with Gasteiger partial charge in [-0.15, -0.1) is 12.6 Å². The van der Waals surface area contributed by atoms with Gasteiger partial charge in [0.15, 0.2) is 5.06 Å². The van der Waals surface area contributed by atoms with Crippen LogP contribution < -0.4 is 5.32 Å². The molecular weight excluding hydrogens is 214 g/mol. The lowest BCUT2D eigenvalue weighted by Gasteiger charge is -2.38. The van der Waals surface area contributed by atoms with Crippen LogP contribution in [0.2, 0.25) is 0 Å². The SMILES string of the molecule is CCC[C@](S)(NC(C)(OC)OC)OCC. The minimum absolute atomic E-state index is 0.583. The molecule has 15 heavy (non-hydrogen) atoms. The van der Waals surface area contributed by atoms with Gasteiger partial charge in [0.2, 0.25) is 5.91 Å². The third kappa shape index (κ3) is 5.17. The van der Waals surface area contributed by atoms with E-state index < -0.39 is 11.0 Å². The second kappa shape index (κ2) is 6.70. The highest BCUT2D eigenvalue weighted by molar-refractivity contribution is 7.81. The molecular formula is C10H23NO3S. The second-order valence-corrected chi connectivity index (χ2v) is 4.17. The van der Waals surface area contributed by atoms with Gasteiger partial charge in [0, 0.05) is 27.8 Å². The molecule has 1 N–H and O–H groups in total. The van der Waals surface area contributed by atoms with Gasteiger partial charge in [0.1, 0.15) is 0 Å². The molecule has 92 valence electrons. The van der Waals surface area contributed by atoms with Gasteiger partial charge in [0.05, 0.1) is 0 Å². The van der Waals surface area contributed by atoms with Crippen molar-refractivity contribution in [2.24, 2.45) is 0 Å². The molecule has 0 fully saturated rings. The largest absolute Gasteiger partial charge is 0.351 e. The summed E-state index contributed by atoms with van der Waals surface area (Å²) in [6, 6.07) is 0. The number of hydrogen-bond donors (Lipinski definition) is 2. The van der Waals surface area contributed by atoms with E-state index >= 15 is 0 Å². The van der Waals surface area contributed by atoms with Crippen LogP contribution in [0.1, 0.15) is 33.6 Å². The normalized spacial score (nSPS) is 16.4. The molecule has 0 aromatic heterocycles. The molecule has 4 nitrogen and oxygen atoms in total. The lowest BCUT2D eigenvalue weighted by Crippen LogP contribution is -2.57. The van der Waals surface area contributed by atoms with E-state index in [4.69, 9.17) is 14.2 Å². The van der Waals surface area contributed by atoms with Gasteiger partial charge >= 0.3 is 0 Å². The van der Waals surface area contributed by atoms with Crippen molar-refractivity contribution in [2.75, 3.05) is 20.8 Å². The van der Waals surface area contributed by atoms with E-state index in [9.17, 15) is 0 Å². The summed E-state index contributed by atoms with van der Waals surface area (Å²) in [6.45, 7) is 6.37. The molecule has 0 radical (unpaired) electrons. The monoisotopic (exact) mass is 237 g/mol. The average Bonchev–Trinajstić information content (AvgIpc) is 2.18. The third-order valence-corrected chi connectivity index (χ3v) is 2.64. The van der Waals surface area contributed by atoms with E-state index in [0.717, 1.165) is 12.8 Å². The number of nitrogens with one attached hydrogen (secondary N) is 1. The standard InChI is InChI=1S/C10H23NO3S/c1-6-8-10(15,14-7-2)11-9(3,12-4)13-5/h11,15H,6-8H2,1-5H3/t10-/m0/s1. The average molecular weight is 237 g/mol. The minimum atomic E-state index is -0.883.